The quantitative estimate of drug-likeness (QED) is 0.0519. The fourth-order valence-corrected chi connectivity index (χ4v) is 12.6. The fourth-order valence-electron chi connectivity index (χ4n) is 10.5. The molecule has 2 N–H and O–H groups in total. The first-order valence-corrected chi connectivity index (χ1v) is 28.9. The highest BCUT2D eigenvalue weighted by molar-refractivity contribution is 7.99. The van der Waals surface area contributed by atoms with Gasteiger partial charge in [0.2, 0.25) is 0 Å². The zero-order valence-electron chi connectivity index (χ0n) is 43.6. The Morgan fingerprint density at radius 1 is 0.919 bits per heavy atom. The van der Waals surface area contributed by atoms with Crippen LogP contribution in [-0.4, -0.2) is 147 Å². The van der Waals surface area contributed by atoms with Gasteiger partial charge in [0.05, 0.1) is 9.82 Å². The Labute approximate surface area is 447 Å². The van der Waals surface area contributed by atoms with Crippen molar-refractivity contribution < 1.29 is 27.7 Å². The molecule has 1 unspecified atom stereocenters. The van der Waals surface area contributed by atoms with Gasteiger partial charge in [0.1, 0.15) is 11.3 Å². The van der Waals surface area contributed by atoms with E-state index >= 15 is 0 Å². The van der Waals surface area contributed by atoms with Gasteiger partial charge in [-0.05, 0) is 144 Å². The first-order valence-electron chi connectivity index (χ1n) is 26.0. The number of thioether (sulfide) groups is 1. The van der Waals surface area contributed by atoms with Crippen molar-refractivity contribution >= 4 is 68.0 Å². The molecule has 2 amide bonds. The topological polar surface area (TPSA) is 161 Å². The maximum Gasteiger partial charge on any atom is 0.410 e. The summed E-state index contributed by atoms with van der Waals surface area (Å²) in [6.07, 6.45) is 7.09. The number of carbonyl (C=O) groups excluding carboxylic acids is 2. The number of rotatable bonds is 19. The number of nitrogens with zero attached hydrogens (tertiary/aromatic N) is 6. The molecular formula is C56H73ClN8O7S2. The molecule has 1 saturated carbocycles. The van der Waals surface area contributed by atoms with Crippen LogP contribution in [0.5, 0.6) is 0 Å². The summed E-state index contributed by atoms with van der Waals surface area (Å²) in [6.45, 7) is 16.9. The van der Waals surface area contributed by atoms with Gasteiger partial charge in [0.15, 0.2) is 0 Å². The van der Waals surface area contributed by atoms with Crippen LogP contribution in [-0.2, 0) is 14.8 Å². The van der Waals surface area contributed by atoms with E-state index in [2.05, 4.69) is 55.7 Å². The summed E-state index contributed by atoms with van der Waals surface area (Å²) < 4.78 is 35.0. The Balaban J connectivity index is 0.864. The van der Waals surface area contributed by atoms with E-state index in [1.807, 2.05) is 80.3 Å². The highest BCUT2D eigenvalue weighted by Crippen LogP contribution is 2.44. The van der Waals surface area contributed by atoms with Crippen LogP contribution < -0.4 is 14.9 Å². The highest BCUT2D eigenvalue weighted by atomic mass is 35.5. The fraction of sp³-hybridized carbons (Fsp3) is 0.500. The van der Waals surface area contributed by atoms with E-state index in [1.165, 1.54) is 48.1 Å². The molecule has 398 valence electrons. The number of nitro groups is 1. The molecule has 3 fully saturated rings. The lowest BCUT2D eigenvalue weighted by Crippen LogP contribution is -2.52. The molecule has 0 spiro atoms. The smallest absolute Gasteiger partial charge is 0.410 e. The summed E-state index contributed by atoms with van der Waals surface area (Å²) in [5.74, 6) is -0.177. The SMILES string of the molecule is CN(CC[C@H](CSc1ccccc1)Nc1ccc(S(=O)(=O)NC(=O)c2ccc(N3CCN(CC4=C(c5ccc(Cl)cc5)CCC(C)(CN5CCN(C(=O)OC(C)(C)C)CC5)C4)CC3)cc2)cc1[N+](=O)[O-])C1CCC1. The second kappa shape index (κ2) is 24.2. The van der Waals surface area contributed by atoms with Crippen LogP contribution in [0.2, 0.25) is 5.02 Å². The molecule has 2 saturated heterocycles. The molecular weight excluding hydrogens is 996 g/mol. The van der Waals surface area contributed by atoms with Crippen molar-refractivity contribution in [2.75, 3.05) is 95.0 Å². The number of piperazine rings is 2. The molecule has 15 nitrogen and oxygen atoms in total. The molecule has 4 aromatic carbocycles. The van der Waals surface area contributed by atoms with Gasteiger partial charge in [0, 0.05) is 117 Å². The first kappa shape index (κ1) is 55.1. The minimum Gasteiger partial charge on any atom is -0.444 e. The monoisotopic (exact) mass is 1070 g/mol. The normalized spacial score (nSPS) is 19.8. The third kappa shape index (κ3) is 14.8. The van der Waals surface area contributed by atoms with Gasteiger partial charge in [-0.2, -0.15) is 0 Å². The van der Waals surface area contributed by atoms with Crippen LogP contribution >= 0.6 is 23.4 Å². The summed E-state index contributed by atoms with van der Waals surface area (Å²) >= 11 is 7.99. The molecule has 74 heavy (non-hydrogen) atoms. The van der Waals surface area contributed by atoms with Crippen LogP contribution in [0.25, 0.3) is 5.57 Å². The van der Waals surface area contributed by atoms with E-state index < -0.39 is 26.5 Å². The second-order valence-electron chi connectivity index (χ2n) is 21.8. The Morgan fingerprint density at radius 2 is 1.59 bits per heavy atom. The Kier molecular flexibility index (Phi) is 18.0. The van der Waals surface area contributed by atoms with Crippen molar-refractivity contribution in [2.24, 2.45) is 5.41 Å². The first-order chi connectivity index (χ1) is 35.3. The number of carbonyl (C=O) groups is 2. The lowest BCUT2D eigenvalue weighted by atomic mass is 9.71. The van der Waals surface area contributed by atoms with Gasteiger partial charge in [-0.3, -0.25) is 24.7 Å². The molecule has 8 rings (SSSR count). The van der Waals surface area contributed by atoms with Crippen LogP contribution in [0.1, 0.15) is 88.6 Å². The molecule has 0 aromatic heterocycles. The molecule has 2 heterocycles. The predicted octanol–water partition coefficient (Wildman–Crippen LogP) is 10.1. The van der Waals surface area contributed by atoms with E-state index in [0.29, 0.717) is 24.9 Å². The van der Waals surface area contributed by atoms with E-state index in [9.17, 15) is 28.1 Å². The Morgan fingerprint density at radius 3 is 2.23 bits per heavy atom. The molecule has 2 aliphatic heterocycles. The average Bonchev–Trinajstić information content (AvgIpc) is 3.35. The maximum absolute atomic E-state index is 13.6. The number of nitrogens with one attached hydrogen (secondary N) is 2. The largest absolute Gasteiger partial charge is 0.444 e. The Bertz CT molecular complexity index is 2720. The standard InChI is InChI=1S/C56H73ClN8O7S2/c1-55(2,3)72-54(67)64-34-30-62(31-35-64)40-56(4)26-24-50(41-14-18-44(57)19-15-41)43(37-56)38-61-28-32-63(33-29-61)47-20-16-42(17-21-47)53(66)59-74(70,71)49-22-23-51(52(36-49)65(68)69)58-45(25-27-60(5)46-10-9-11-46)39-73-48-12-7-6-8-13-48/h6-8,12-23,36,45-46,58H,9-11,24-35,37-40H2,1-5H3,(H,59,66)/t45-,56?/m1/s1. The van der Waals surface area contributed by atoms with Gasteiger partial charge < -0.3 is 24.8 Å². The third-order valence-electron chi connectivity index (χ3n) is 14.9. The van der Waals surface area contributed by atoms with Crippen molar-refractivity contribution in [1.82, 2.24) is 24.3 Å². The number of anilines is 2. The van der Waals surface area contributed by atoms with Crippen LogP contribution in [0.4, 0.5) is 21.9 Å². The summed E-state index contributed by atoms with van der Waals surface area (Å²) in [7, 11) is -2.35. The minimum atomic E-state index is -4.47. The van der Waals surface area contributed by atoms with E-state index in [-0.39, 0.29) is 39.4 Å². The molecule has 0 bridgehead atoms. The van der Waals surface area contributed by atoms with E-state index in [1.54, 1.807) is 23.9 Å². The van der Waals surface area contributed by atoms with Gasteiger partial charge in [-0.15, -0.1) is 11.8 Å². The lowest BCUT2D eigenvalue weighted by molar-refractivity contribution is -0.384. The van der Waals surface area contributed by atoms with Crippen molar-refractivity contribution in [3.63, 3.8) is 0 Å². The summed E-state index contributed by atoms with van der Waals surface area (Å²) in [5.41, 5.74) is 4.54. The van der Waals surface area contributed by atoms with Crippen molar-refractivity contribution in [3.05, 3.63) is 129 Å². The van der Waals surface area contributed by atoms with Crippen LogP contribution in [0.15, 0.2) is 112 Å². The number of nitro benzene ring substituents is 1. The number of hydrogen-bond acceptors (Lipinski definition) is 13. The number of allylic oxidation sites excluding steroid dienone is 1. The summed E-state index contributed by atoms with van der Waals surface area (Å²) in [4.78, 5) is 50.2. The molecule has 18 heteroatoms. The van der Waals surface area contributed by atoms with Crippen molar-refractivity contribution in [3.8, 4) is 0 Å². The van der Waals surface area contributed by atoms with Crippen molar-refractivity contribution in [1.29, 1.82) is 0 Å². The van der Waals surface area contributed by atoms with Crippen LogP contribution in [0.3, 0.4) is 0 Å². The number of halogens is 1. The molecule has 2 aliphatic carbocycles. The number of ether oxygens (including phenoxy) is 1. The van der Waals surface area contributed by atoms with Crippen molar-refractivity contribution in [2.45, 2.75) is 100 Å². The summed E-state index contributed by atoms with van der Waals surface area (Å²) in [5, 5.41) is 16.5. The molecule has 2 atom stereocenters. The third-order valence-corrected chi connectivity index (χ3v) is 17.7. The highest BCUT2D eigenvalue weighted by Gasteiger charge is 2.36. The lowest BCUT2D eigenvalue weighted by Gasteiger charge is -2.44. The van der Waals surface area contributed by atoms with Gasteiger partial charge in [-0.25, -0.2) is 17.9 Å². The second-order valence-corrected chi connectivity index (χ2v) is 25.0. The molecule has 4 aliphatic rings. The minimum absolute atomic E-state index is 0.0758. The summed E-state index contributed by atoms with van der Waals surface area (Å²) in [6, 6.07) is 29.2. The maximum atomic E-state index is 13.6. The predicted molar refractivity (Wildman–Crippen MR) is 297 cm³/mol. The number of hydrogen-bond donors (Lipinski definition) is 2. The number of benzene rings is 4. The average molecular weight is 1070 g/mol. The van der Waals surface area contributed by atoms with E-state index in [4.69, 9.17) is 16.3 Å². The van der Waals surface area contributed by atoms with Gasteiger partial charge in [-0.1, -0.05) is 60.9 Å². The zero-order valence-corrected chi connectivity index (χ0v) is 46.0. The molecule has 4 aromatic rings. The molecule has 0 radical (unpaired) electrons. The van der Waals surface area contributed by atoms with Crippen LogP contribution in [0, 0.1) is 15.5 Å². The zero-order chi connectivity index (χ0) is 52.6. The Hall–Kier alpha value is -5.17. The van der Waals surface area contributed by atoms with E-state index in [0.717, 1.165) is 106 Å². The van der Waals surface area contributed by atoms with Gasteiger partial charge in [0.25, 0.3) is 21.6 Å². The number of sulfonamides is 1. The van der Waals surface area contributed by atoms with Gasteiger partial charge >= 0.3 is 6.09 Å². The number of amides is 2.